The van der Waals surface area contributed by atoms with Crippen LogP contribution < -0.4 is 4.90 Å². The molecule has 0 N–H and O–H groups in total. The summed E-state index contributed by atoms with van der Waals surface area (Å²) >= 11 is 6.05. The van der Waals surface area contributed by atoms with Crippen molar-refractivity contribution in [1.82, 2.24) is 9.88 Å². The van der Waals surface area contributed by atoms with Crippen molar-refractivity contribution in [2.75, 3.05) is 31.1 Å². The molecule has 1 fully saturated rings. The number of rotatable bonds is 4. The number of halogens is 1. The van der Waals surface area contributed by atoms with Crippen LogP contribution in [0, 0.1) is 0 Å². The van der Waals surface area contributed by atoms with Gasteiger partial charge in [-0.2, -0.15) is 0 Å². The number of nitrogens with zero attached hydrogens (tertiary/aromatic N) is 3. The van der Waals surface area contributed by atoms with Crippen LogP contribution >= 0.6 is 11.6 Å². The number of carbonyl (C=O) groups excluding carboxylic acids is 1. The van der Waals surface area contributed by atoms with Crippen molar-refractivity contribution in [1.29, 1.82) is 0 Å². The van der Waals surface area contributed by atoms with Crippen molar-refractivity contribution in [2.24, 2.45) is 0 Å². The summed E-state index contributed by atoms with van der Waals surface area (Å²) < 4.78 is 0. The van der Waals surface area contributed by atoms with E-state index in [1.165, 1.54) is 11.1 Å². The van der Waals surface area contributed by atoms with Crippen molar-refractivity contribution in [3.63, 3.8) is 0 Å². The molecule has 1 aromatic heterocycles. The molecule has 2 aliphatic heterocycles. The molecule has 0 saturated carbocycles. The lowest BCUT2D eigenvalue weighted by Crippen LogP contribution is -2.46. The second-order valence-corrected chi connectivity index (χ2v) is 9.41. The van der Waals surface area contributed by atoms with Crippen LogP contribution in [0.3, 0.4) is 0 Å². The minimum absolute atomic E-state index is 0.00578. The van der Waals surface area contributed by atoms with Crippen LogP contribution in [0.5, 0.6) is 0 Å². The monoisotopic (exact) mass is 457 g/mol. The zero-order valence-electron chi connectivity index (χ0n) is 18.7. The summed E-state index contributed by atoms with van der Waals surface area (Å²) in [6.45, 7) is 3.74. The molecule has 2 aromatic rings. The van der Waals surface area contributed by atoms with Gasteiger partial charge in [0.25, 0.3) is 5.91 Å². The summed E-state index contributed by atoms with van der Waals surface area (Å²) in [5.41, 5.74) is 4.27. The van der Waals surface area contributed by atoms with Gasteiger partial charge >= 0.3 is 0 Å². The summed E-state index contributed by atoms with van der Waals surface area (Å²) in [6.07, 6.45) is 19.8. The first-order valence-electron chi connectivity index (χ1n) is 11.6. The molecule has 1 aromatic carbocycles. The van der Waals surface area contributed by atoms with Crippen molar-refractivity contribution >= 4 is 23.2 Å². The Labute approximate surface area is 200 Å². The molecule has 1 spiro atoms. The number of carbonyl (C=O) groups is 1. The summed E-state index contributed by atoms with van der Waals surface area (Å²) in [7, 11) is 0. The van der Waals surface area contributed by atoms with Crippen LogP contribution in [-0.4, -0.2) is 42.0 Å². The third-order valence-electron chi connectivity index (χ3n) is 6.98. The van der Waals surface area contributed by atoms with E-state index in [1.54, 1.807) is 18.3 Å². The van der Waals surface area contributed by atoms with E-state index in [9.17, 15) is 4.79 Å². The quantitative estimate of drug-likeness (QED) is 0.550. The van der Waals surface area contributed by atoms with Crippen LogP contribution in [0.1, 0.15) is 35.2 Å². The number of piperidine rings is 1. The van der Waals surface area contributed by atoms with E-state index in [2.05, 4.69) is 70.6 Å². The highest BCUT2D eigenvalue weighted by molar-refractivity contribution is 6.29. The number of aromatic nitrogens is 1. The molecule has 168 valence electrons. The minimum atomic E-state index is -0.00578. The summed E-state index contributed by atoms with van der Waals surface area (Å²) in [5.74, 6) is -0.00578. The highest BCUT2D eigenvalue weighted by Crippen LogP contribution is 2.47. The molecule has 5 heteroatoms. The molecular formula is C28H28ClN3O. The Kier molecular flexibility index (Phi) is 6.30. The Morgan fingerprint density at radius 3 is 2.82 bits per heavy atom. The molecular weight excluding hydrogens is 430 g/mol. The van der Waals surface area contributed by atoms with Gasteiger partial charge in [0.1, 0.15) is 5.15 Å². The van der Waals surface area contributed by atoms with E-state index in [0.29, 0.717) is 10.7 Å². The van der Waals surface area contributed by atoms with Crippen molar-refractivity contribution in [2.45, 2.75) is 24.7 Å². The van der Waals surface area contributed by atoms with E-state index in [-0.39, 0.29) is 11.3 Å². The van der Waals surface area contributed by atoms with Gasteiger partial charge in [-0.3, -0.25) is 9.69 Å². The Morgan fingerprint density at radius 1 is 1.12 bits per heavy atom. The van der Waals surface area contributed by atoms with Crippen LogP contribution in [0.15, 0.2) is 90.7 Å². The van der Waals surface area contributed by atoms with Gasteiger partial charge in [-0.1, -0.05) is 72.3 Å². The highest BCUT2D eigenvalue weighted by atomic mass is 35.5. The fourth-order valence-electron chi connectivity index (χ4n) is 5.16. The predicted molar refractivity (Wildman–Crippen MR) is 135 cm³/mol. The minimum Gasteiger partial charge on any atom is -0.307 e. The number of benzene rings is 1. The SMILES string of the molecule is O=C(c1ccnc(Cl)c1)N1CC2(CCN(C/C=C/C3=CC=CC=CC3)CC2)c2ccccc21. The Hall–Kier alpha value is -2.95. The average molecular weight is 458 g/mol. The topological polar surface area (TPSA) is 36.4 Å². The van der Waals surface area contributed by atoms with E-state index in [1.807, 2.05) is 11.0 Å². The fraction of sp³-hybridized carbons (Fsp3) is 0.286. The van der Waals surface area contributed by atoms with E-state index in [4.69, 9.17) is 11.6 Å². The number of anilines is 1. The molecule has 3 heterocycles. The maximum absolute atomic E-state index is 13.4. The lowest BCUT2D eigenvalue weighted by atomic mass is 9.74. The maximum Gasteiger partial charge on any atom is 0.258 e. The Morgan fingerprint density at radius 2 is 1.97 bits per heavy atom. The lowest BCUT2D eigenvalue weighted by Gasteiger charge is -2.39. The average Bonchev–Trinajstić information content (AvgIpc) is 2.97. The van der Waals surface area contributed by atoms with Crippen LogP contribution in [0.4, 0.5) is 5.69 Å². The van der Waals surface area contributed by atoms with Gasteiger partial charge in [-0.15, -0.1) is 0 Å². The molecule has 4 nitrogen and oxygen atoms in total. The van der Waals surface area contributed by atoms with Crippen LogP contribution in [0.2, 0.25) is 5.15 Å². The molecule has 1 aliphatic carbocycles. The smallest absolute Gasteiger partial charge is 0.258 e. The molecule has 5 rings (SSSR count). The van der Waals surface area contributed by atoms with E-state index >= 15 is 0 Å². The molecule has 0 unspecified atom stereocenters. The van der Waals surface area contributed by atoms with Crippen molar-refractivity contribution < 1.29 is 4.79 Å². The van der Waals surface area contributed by atoms with Gasteiger partial charge in [0.2, 0.25) is 0 Å². The molecule has 1 saturated heterocycles. The number of hydrogen-bond donors (Lipinski definition) is 0. The highest BCUT2D eigenvalue weighted by Gasteiger charge is 2.46. The number of pyridine rings is 1. The van der Waals surface area contributed by atoms with E-state index in [0.717, 1.165) is 51.1 Å². The van der Waals surface area contributed by atoms with Gasteiger partial charge in [-0.25, -0.2) is 4.98 Å². The largest absolute Gasteiger partial charge is 0.307 e. The zero-order chi connectivity index (χ0) is 22.7. The Bertz CT molecular complexity index is 1160. The summed E-state index contributed by atoms with van der Waals surface area (Å²) in [6, 6.07) is 11.8. The molecule has 33 heavy (non-hydrogen) atoms. The lowest BCUT2D eigenvalue weighted by molar-refractivity contribution is 0.0977. The molecule has 3 aliphatic rings. The first kappa shape index (κ1) is 21.9. The molecule has 1 amide bonds. The van der Waals surface area contributed by atoms with Gasteiger partial charge < -0.3 is 4.90 Å². The first-order valence-corrected chi connectivity index (χ1v) is 12.0. The standard InChI is InChI=1S/C28H28ClN3O/c29-26-20-23(13-16-30-26)27(33)32-21-28(24-11-5-6-12-25(24)32)14-18-31(19-15-28)17-7-10-22-8-3-1-2-4-9-22/h1-8,10-13,16,20H,9,14-15,17-19,21H2/b10-7+. The van der Waals surface area contributed by atoms with Crippen molar-refractivity contribution in [3.8, 4) is 0 Å². The zero-order valence-corrected chi connectivity index (χ0v) is 19.4. The molecule has 0 atom stereocenters. The number of likely N-dealkylation sites (tertiary alicyclic amines) is 1. The summed E-state index contributed by atoms with van der Waals surface area (Å²) in [5, 5.41) is 0.344. The summed E-state index contributed by atoms with van der Waals surface area (Å²) in [4.78, 5) is 21.8. The van der Waals surface area contributed by atoms with Crippen LogP contribution in [0.25, 0.3) is 0 Å². The third-order valence-corrected chi connectivity index (χ3v) is 7.18. The van der Waals surface area contributed by atoms with E-state index < -0.39 is 0 Å². The maximum atomic E-state index is 13.4. The van der Waals surface area contributed by atoms with Gasteiger partial charge in [-0.05, 0) is 61.7 Å². The fourth-order valence-corrected chi connectivity index (χ4v) is 5.34. The third kappa shape index (κ3) is 4.59. The normalized spacial score (nSPS) is 19.7. The number of allylic oxidation sites excluding steroid dienone is 7. The number of fused-ring (bicyclic) bond motifs is 2. The second-order valence-electron chi connectivity index (χ2n) is 9.02. The van der Waals surface area contributed by atoms with Gasteiger partial charge in [0.05, 0.1) is 0 Å². The number of para-hydroxylation sites is 1. The predicted octanol–water partition coefficient (Wildman–Crippen LogP) is 5.73. The van der Waals surface area contributed by atoms with Gasteiger partial charge in [0, 0.05) is 36.0 Å². The molecule has 0 radical (unpaired) electrons. The van der Waals surface area contributed by atoms with Crippen LogP contribution in [-0.2, 0) is 5.41 Å². The van der Waals surface area contributed by atoms with Gasteiger partial charge in [0.15, 0.2) is 0 Å². The number of amides is 1. The molecule has 0 bridgehead atoms. The number of hydrogen-bond acceptors (Lipinski definition) is 3. The second kappa shape index (κ2) is 9.50. The Balaban J connectivity index is 1.28. The first-order chi connectivity index (χ1) is 16.1. The van der Waals surface area contributed by atoms with Crippen molar-refractivity contribution in [3.05, 3.63) is 107 Å².